The van der Waals surface area contributed by atoms with Gasteiger partial charge in [-0.2, -0.15) is 0 Å². The van der Waals surface area contributed by atoms with E-state index in [2.05, 4.69) is 10.3 Å². The van der Waals surface area contributed by atoms with Gasteiger partial charge < -0.3 is 10.2 Å². The molecule has 138 valence electrons. The van der Waals surface area contributed by atoms with Crippen LogP contribution in [0.4, 0.5) is 5.69 Å². The molecule has 27 heavy (non-hydrogen) atoms. The van der Waals surface area contributed by atoms with Crippen LogP contribution < -0.4 is 10.2 Å². The van der Waals surface area contributed by atoms with Crippen molar-refractivity contribution in [3.63, 3.8) is 0 Å². The zero-order valence-corrected chi connectivity index (χ0v) is 16.5. The van der Waals surface area contributed by atoms with Crippen molar-refractivity contribution in [2.24, 2.45) is 0 Å². The summed E-state index contributed by atoms with van der Waals surface area (Å²) in [6.07, 6.45) is 1.51. The van der Waals surface area contributed by atoms with Crippen molar-refractivity contribution in [1.82, 2.24) is 10.3 Å². The van der Waals surface area contributed by atoms with Crippen molar-refractivity contribution < 1.29 is 9.59 Å². The molecule has 1 saturated heterocycles. The summed E-state index contributed by atoms with van der Waals surface area (Å²) < 4.78 is 0. The average Bonchev–Trinajstić information content (AvgIpc) is 3.40. The normalized spacial score (nSPS) is 14.0. The van der Waals surface area contributed by atoms with Crippen LogP contribution >= 0.6 is 22.7 Å². The van der Waals surface area contributed by atoms with Crippen LogP contribution in [0.15, 0.2) is 41.8 Å². The van der Waals surface area contributed by atoms with Crippen LogP contribution in [0, 0.1) is 6.92 Å². The molecule has 0 unspecified atom stereocenters. The van der Waals surface area contributed by atoms with E-state index in [-0.39, 0.29) is 11.8 Å². The van der Waals surface area contributed by atoms with Gasteiger partial charge in [-0.05, 0) is 42.5 Å². The fraction of sp³-hybridized carbons (Fsp3) is 0.250. The Balaban J connectivity index is 1.45. The maximum absolute atomic E-state index is 12.6. The van der Waals surface area contributed by atoms with Crippen LogP contribution in [0.2, 0.25) is 0 Å². The maximum Gasteiger partial charge on any atom is 0.263 e. The number of hydrogen-bond acceptors (Lipinski definition) is 5. The molecule has 0 bridgehead atoms. The number of thiophene rings is 1. The molecule has 2 amide bonds. The van der Waals surface area contributed by atoms with E-state index in [0.29, 0.717) is 17.8 Å². The first-order valence-electron chi connectivity index (χ1n) is 8.80. The van der Waals surface area contributed by atoms with Crippen molar-refractivity contribution >= 4 is 40.2 Å². The summed E-state index contributed by atoms with van der Waals surface area (Å²) in [6, 6.07) is 11.8. The molecule has 1 aliphatic rings. The highest BCUT2D eigenvalue weighted by Crippen LogP contribution is 2.31. The highest BCUT2D eigenvalue weighted by Gasteiger charge is 2.22. The molecule has 2 aromatic heterocycles. The number of thiazole rings is 1. The Morgan fingerprint density at radius 1 is 1.30 bits per heavy atom. The molecule has 3 aromatic rings. The van der Waals surface area contributed by atoms with Crippen LogP contribution in [0.3, 0.4) is 0 Å². The van der Waals surface area contributed by atoms with Gasteiger partial charge in [0.15, 0.2) is 0 Å². The van der Waals surface area contributed by atoms with Gasteiger partial charge in [-0.1, -0.05) is 18.2 Å². The van der Waals surface area contributed by atoms with Gasteiger partial charge in [-0.15, -0.1) is 22.7 Å². The summed E-state index contributed by atoms with van der Waals surface area (Å²) in [5.74, 6) is 0.0491. The van der Waals surface area contributed by atoms with E-state index in [1.807, 2.05) is 53.6 Å². The summed E-state index contributed by atoms with van der Waals surface area (Å²) >= 11 is 3.04. The Morgan fingerprint density at radius 2 is 2.19 bits per heavy atom. The molecule has 1 aromatic carbocycles. The van der Waals surface area contributed by atoms with Gasteiger partial charge in [0.25, 0.3) is 5.91 Å². The fourth-order valence-electron chi connectivity index (χ4n) is 3.13. The predicted octanol–water partition coefficient (Wildman–Crippen LogP) is 4.24. The molecular formula is C20H19N3O2S2. The quantitative estimate of drug-likeness (QED) is 0.701. The van der Waals surface area contributed by atoms with Gasteiger partial charge >= 0.3 is 0 Å². The molecular weight excluding hydrogens is 378 g/mol. The third kappa shape index (κ3) is 3.79. The largest absolute Gasteiger partial charge is 0.347 e. The third-order valence-corrected chi connectivity index (χ3v) is 6.68. The Labute approximate surface area is 165 Å². The van der Waals surface area contributed by atoms with Gasteiger partial charge in [0, 0.05) is 25.2 Å². The Hall–Kier alpha value is -2.51. The highest BCUT2D eigenvalue weighted by molar-refractivity contribution is 7.22. The topological polar surface area (TPSA) is 62.3 Å². The summed E-state index contributed by atoms with van der Waals surface area (Å²) in [5.41, 5.74) is 2.62. The predicted molar refractivity (Wildman–Crippen MR) is 109 cm³/mol. The lowest BCUT2D eigenvalue weighted by Gasteiger charge is -2.16. The van der Waals surface area contributed by atoms with Crippen molar-refractivity contribution in [2.45, 2.75) is 26.3 Å². The van der Waals surface area contributed by atoms with E-state index in [0.717, 1.165) is 39.8 Å². The van der Waals surface area contributed by atoms with Crippen molar-refractivity contribution in [1.29, 1.82) is 0 Å². The number of aromatic nitrogens is 1. The fourth-order valence-corrected chi connectivity index (χ4v) is 4.91. The molecule has 1 fully saturated rings. The van der Waals surface area contributed by atoms with Crippen LogP contribution in [0.25, 0.3) is 9.88 Å². The molecule has 5 nitrogen and oxygen atoms in total. The Kier molecular flexibility index (Phi) is 5.05. The summed E-state index contributed by atoms with van der Waals surface area (Å²) in [4.78, 5) is 32.6. The number of nitrogens with zero attached hydrogens (tertiary/aromatic N) is 2. The zero-order chi connectivity index (χ0) is 18.8. The number of hydrogen-bond donors (Lipinski definition) is 1. The molecule has 3 heterocycles. The highest BCUT2D eigenvalue weighted by atomic mass is 32.1. The van der Waals surface area contributed by atoms with Crippen molar-refractivity contribution in [3.8, 4) is 9.88 Å². The zero-order valence-electron chi connectivity index (χ0n) is 14.9. The number of rotatable bonds is 5. The minimum Gasteiger partial charge on any atom is -0.347 e. The average molecular weight is 398 g/mol. The van der Waals surface area contributed by atoms with Gasteiger partial charge in [0.1, 0.15) is 9.88 Å². The molecule has 4 rings (SSSR count). The summed E-state index contributed by atoms with van der Waals surface area (Å²) in [6.45, 7) is 3.04. The molecule has 1 N–H and O–H groups in total. The number of anilines is 1. The van der Waals surface area contributed by atoms with Gasteiger partial charge in [-0.3, -0.25) is 9.59 Å². The first kappa shape index (κ1) is 17.9. The minimum atomic E-state index is -0.115. The van der Waals surface area contributed by atoms with E-state index in [9.17, 15) is 9.59 Å². The van der Waals surface area contributed by atoms with Gasteiger partial charge in [0.05, 0.1) is 10.6 Å². The van der Waals surface area contributed by atoms with Crippen molar-refractivity contribution in [2.75, 3.05) is 11.4 Å². The van der Waals surface area contributed by atoms with E-state index in [1.54, 1.807) is 11.3 Å². The lowest BCUT2D eigenvalue weighted by Crippen LogP contribution is -2.25. The van der Waals surface area contributed by atoms with Gasteiger partial charge in [-0.25, -0.2) is 4.98 Å². The molecule has 0 atom stereocenters. The number of benzene rings is 1. The van der Waals surface area contributed by atoms with Crippen LogP contribution in [-0.2, 0) is 11.3 Å². The second kappa shape index (κ2) is 7.62. The lowest BCUT2D eigenvalue weighted by molar-refractivity contribution is -0.117. The number of aryl methyl sites for hydroxylation is 1. The van der Waals surface area contributed by atoms with Crippen molar-refractivity contribution in [3.05, 3.63) is 57.9 Å². The minimum absolute atomic E-state index is 0.115. The molecule has 0 radical (unpaired) electrons. The monoisotopic (exact) mass is 397 g/mol. The first-order chi connectivity index (χ1) is 13.1. The van der Waals surface area contributed by atoms with E-state index < -0.39 is 0 Å². The standard InChI is InChI=1S/C20H19N3O2S2/c1-13-18(27-20(22-13)16-7-4-10-26-16)19(25)21-12-14-5-2-6-15(11-14)23-9-3-8-17(23)24/h2,4-7,10-11H,3,8-9,12H2,1H3,(H,21,25). The van der Waals surface area contributed by atoms with E-state index >= 15 is 0 Å². The van der Waals surface area contributed by atoms with E-state index in [4.69, 9.17) is 0 Å². The third-order valence-electron chi connectivity index (χ3n) is 4.48. The van der Waals surface area contributed by atoms with Crippen LogP contribution in [-0.4, -0.2) is 23.3 Å². The van der Waals surface area contributed by atoms with Crippen LogP contribution in [0.5, 0.6) is 0 Å². The lowest BCUT2D eigenvalue weighted by atomic mass is 10.2. The number of carbonyl (C=O) groups excluding carboxylic acids is 2. The molecule has 0 spiro atoms. The second-order valence-electron chi connectivity index (χ2n) is 6.41. The number of carbonyl (C=O) groups is 2. The second-order valence-corrected chi connectivity index (χ2v) is 8.36. The van der Waals surface area contributed by atoms with E-state index in [1.165, 1.54) is 11.3 Å². The number of amides is 2. The van der Waals surface area contributed by atoms with Gasteiger partial charge in [0.2, 0.25) is 5.91 Å². The smallest absolute Gasteiger partial charge is 0.263 e. The Morgan fingerprint density at radius 3 is 2.93 bits per heavy atom. The maximum atomic E-state index is 12.6. The Bertz CT molecular complexity index is 979. The molecule has 0 saturated carbocycles. The van der Waals surface area contributed by atoms with Crippen LogP contribution in [0.1, 0.15) is 33.8 Å². The summed E-state index contributed by atoms with van der Waals surface area (Å²) in [5, 5.41) is 5.86. The number of nitrogens with one attached hydrogen (secondary N) is 1. The molecule has 0 aliphatic carbocycles. The first-order valence-corrected chi connectivity index (χ1v) is 10.5. The molecule has 7 heteroatoms. The molecule has 1 aliphatic heterocycles. The summed E-state index contributed by atoms with van der Waals surface area (Å²) in [7, 11) is 0. The SMILES string of the molecule is Cc1nc(-c2cccs2)sc1C(=O)NCc1cccc(N2CCCC2=O)c1.